The average Bonchev–Trinajstić information content (AvgIpc) is 3.50. The summed E-state index contributed by atoms with van der Waals surface area (Å²) in [7, 11) is -3.92. The number of hydrogen-bond donors (Lipinski definition) is 3. The second-order valence-corrected chi connectivity index (χ2v) is 9.29. The van der Waals surface area contributed by atoms with Gasteiger partial charge in [0.05, 0.1) is 27.7 Å². The van der Waals surface area contributed by atoms with Crippen LogP contribution in [0.25, 0.3) is 33.9 Å². The smallest absolute Gasteiger partial charge is 0.238 e. The number of anilines is 2. The van der Waals surface area contributed by atoms with E-state index in [9.17, 15) is 8.42 Å². The summed E-state index contributed by atoms with van der Waals surface area (Å²) in [5.74, 6) is 0. The van der Waals surface area contributed by atoms with Crippen LogP contribution in [-0.2, 0) is 10.0 Å². The third-order valence-corrected chi connectivity index (χ3v) is 6.27. The van der Waals surface area contributed by atoms with Crippen LogP contribution in [0.1, 0.15) is 0 Å². The highest BCUT2D eigenvalue weighted by molar-refractivity contribution is 7.89. The number of benzene rings is 3. The second kappa shape index (κ2) is 8.18. The lowest BCUT2D eigenvalue weighted by Gasteiger charge is -2.12. The van der Waals surface area contributed by atoms with E-state index in [0.29, 0.717) is 28.4 Å². The summed E-state index contributed by atoms with van der Waals surface area (Å²) in [5, 5.41) is 14.7. The van der Waals surface area contributed by atoms with Crippen molar-refractivity contribution in [1.82, 2.24) is 19.6 Å². The monoisotopic (exact) mass is 471 g/mol. The van der Waals surface area contributed by atoms with Crippen molar-refractivity contribution in [1.29, 1.82) is 0 Å². The Labute approximate surface area is 196 Å². The highest BCUT2D eigenvalue weighted by atomic mass is 32.2. The average molecular weight is 472 g/mol. The van der Waals surface area contributed by atoms with Crippen LogP contribution in [0.15, 0.2) is 96.2 Å². The molecule has 0 aliphatic carbocycles. The van der Waals surface area contributed by atoms with Crippen LogP contribution in [0.5, 0.6) is 0 Å². The van der Waals surface area contributed by atoms with E-state index in [1.165, 1.54) is 12.1 Å². The molecule has 9 nitrogen and oxygen atoms in total. The Kier molecular flexibility index (Phi) is 5.16. The maximum absolute atomic E-state index is 12.0. The van der Waals surface area contributed by atoms with Crippen molar-refractivity contribution in [3.8, 4) is 33.9 Å². The fraction of sp³-hybridized carbons (Fsp3) is 0. The molecule has 0 aliphatic rings. The molecule has 0 saturated carbocycles. The van der Waals surface area contributed by atoms with Gasteiger partial charge in [-0.3, -0.25) is 0 Å². The maximum atomic E-state index is 12.0. The van der Waals surface area contributed by atoms with Crippen LogP contribution in [0.3, 0.4) is 0 Å². The summed E-state index contributed by atoms with van der Waals surface area (Å²) in [5.41, 5.74) is 17.2. The number of nitrogens with two attached hydrogens (primary N) is 3. The van der Waals surface area contributed by atoms with E-state index in [4.69, 9.17) is 16.6 Å². The fourth-order valence-electron chi connectivity index (χ4n) is 3.59. The van der Waals surface area contributed by atoms with Crippen molar-refractivity contribution in [2.45, 2.75) is 4.90 Å². The van der Waals surface area contributed by atoms with Gasteiger partial charge in [-0.1, -0.05) is 24.3 Å². The van der Waals surface area contributed by atoms with Gasteiger partial charge in [0.25, 0.3) is 0 Å². The first-order chi connectivity index (χ1) is 16.3. The van der Waals surface area contributed by atoms with E-state index in [0.717, 1.165) is 16.8 Å². The number of nitrogens with zero attached hydrogens (tertiary/aromatic N) is 4. The van der Waals surface area contributed by atoms with Crippen molar-refractivity contribution < 1.29 is 8.42 Å². The molecule has 2 heterocycles. The molecule has 6 N–H and O–H groups in total. The van der Waals surface area contributed by atoms with Crippen molar-refractivity contribution >= 4 is 21.4 Å². The van der Waals surface area contributed by atoms with Crippen LogP contribution in [0, 0.1) is 0 Å². The molecular formula is C24H21N7O2S. The number of sulfonamides is 1. The zero-order valence-corrected chi connectivity index (χ0v) is 18.7. The molecule has 5 aromatic rings. The lowest BCUT2D eigenvalue weighted by molar-refractivity contribution is 0.597. The molecule has 0 fully saturated rings. The first-order valence-corrected chi connectivity index (χ1v) is 11.8. The predicted molar refractivity (Wildman–Crippen MR) is 132 cm³/mol. The summed E-state index contributed by atoms with van der Waals surface area (Å²) in [6, 6.07) is 23.0. The molecule has 0 aliphatic heterocycles. The van der Waals surface area contributed by atoms with Gasteiger partial charge in [0.2, 0.25) is 10.0 Å². The minimum atomic E-state index is -3.92. The van der Waals surface area contributed by atoms with Gasteiger partial charge >= 0.3 is 0 Å². The lowest BCUT2D eigenvalue weighted by atomic mass is 10.1. The highest BCUT2D eigenvalue weighted by Crippen LogP contribution is 2.27. The van der Waals surface area contributed by atoms with E-state index in [1.807, 2.05) is 48.5 Å². The number of primary sulfonamides is 1. The van der Waals surface area contributed by atoms with E-state index >= 15 is 0 Å². The molecule has 0 atom stereocenters. The topological polar surface area (TPSA) is 148 Å². The van der Waals surface area contributed by atoms with E-state index in [1.54, 1.807) is 40.0 Å². The predicted octanol–water partition coefficient (Wildman–Crippen LogP) is 3.20. The SMILES string of the molecule is Nc1ccc(-c2ccn(-c3ccc(S(N)(=O)=O)cc3-n3ccc(-c4ccc(N)cc4)n3)n2)cc1. The Morgan fingerprint density at radius 3 is 1.56 bits per heavy atom. The van der Waals surface area contributed by atoms with Gasteiger partial charge in [-0.2, -0.15) is 10.2 Å². The first kappa shape index (κ1) is 21.4. The zero-order chi connectivity index (χ0) is 23.9. The summed E-state index contributed by atoms with van der Waals surface area (Å²) in [6.45, 7) is 0. The number of rotatable bonds is 5. The van der Waals surface area contributed by atoms with Gasteiger partial charge in [-0.15, -0.1) is 0 Å². The molecule has 2 aromatic heterocycles. The van der Waals surface area contributed by atoms with Gasteiger partial charge in [-0.25, -0.2) is 22.9 Å². The Morgan fingerprint density at radius 1 is 0.618 bits per heavy atom. The summed E-state index contributed by atoms with van der Waals surface area (Å²) >= 11 is 0. The van der Waals surface area contributed by atoms with Crippen molar-refractivity contribution in [2.24, 2.45) is 5.14 Å². The Morgan fingerprint density at radius 2 is 1.09 bits per heavy atom. The molecule has 170 valence electrons. The maximum Gasteiger partial charge on any atom is 0.238 e. The highest BCUT2D eigenvalue weighted by Gasteiger charge is 2.16. The molecule has 0 amide bonds. The van der Waals surface area contributed by atoms with E-state index in [-0.39, 0.29) is 4.90 Å². The minimum absolute atomic E-state index is 0.0262. The molecule has 5 rings (SSSR count). The number of aromatic nitrogens is 4. The molecule has 0 radical (unpaired) electrons. The van der Waals surface area contributed by atoms with Crippen LogP contribution in [-0.4, -0.2) is 28.0 Å². The Hall–Kier alpha value is -4.41. The first-order valence-electron chi connectivity index (χ1n) is 10.3. The van der Waals surface area contributed by atoms with Gasteiger partial charge in [0.1, 0.15) is 0 Å². The van der Waals surface area contributed by atoms with Crippen LogP contribution >= 0.6 is 0 Å². The van der Waals surface area contributed by atoms with Crippen LogP contribution in [0.2, 0.25) is 0 Å². The second-order valence-electron chi connectivity index (χ2n) is 7.73. The number of hydrogen-bond acceptors (Lipinski definition) is 6. The molecule has 0 unspecified atom stereocenters. The summed E-state index contributed by atoms with van der Waals surface area (Å²) in [4.78, 5) is -0.0262. The quantitative estimate of drug-likeness (QED) is 0.335. The normalized spacial score (nSPS) is 11.6. The summed E-state index contributed by atoms with van der Waals surface area (Å²) < 4.78 is 27.3. The van der Waals surface area contributed by atoms with Crippen LogP contribution in [0.4, 0.5) is 11.4 Å². The fourth-order valence-corrected chi connectivity index (χ4v) is 4.12. The number of nitrogen functional groups attached to an aromatic ring is 2. The largest absolute Gasteiger partial charge is 0.399 e. The molecule has 3 aromatic carbocycles. The molecule has 0 bridgehead atoms. The molecule has 0 spiro atoms. The standard InChI is InChI=1S/C24H21N7O2S/c25-18-5-1-16(2-6-18)21-11-13-30(28-21)23-10-9-20(34(27,32)33)15-24(23)31-14-12-22(29-31)17-3-7-19(26)8-4-17/h1-15H,25-26H2,(H2,27,32,33). The van der Waals surface area contributed by atoms with Crippen molar-refractivity contribution in [3.63, 3.8) is 0 Å². The van der Waals surface area contributed by atoms with E-state index < -0.39 is 10.0 Å². The zero-order valence-electron chi connectivity index (χ0n) is 17.9. The molecular weight excluding hydrogens is 450 g/mol. The Bertz CT molecular complexity index is 1590. The van der Waals surface area contributed by atoms with E-state index in [2.05, 4.69) is 10.2 Å². The third-order valence-electron chi connectivity index (χ3n) is 5.36. The van der Waals surface area contributed by atoms with Crippen molar-refractivity contribution in [2.75, 3.05) is 11.5 Å². The van der Waals surface area contributed by atoms with Gasteiger partial charge in [0, 0.05) is 34.9 Å². The summed E-state index contributed by atoms with van der Waals surface area (Å²) in [6.07, 6.45) is 3.55. The molecule has 10 heteroatoms. The Balaban J connectivity index is 1.61. The van der Waals surface area contributed by atoms with Gasteiger partial charge < -0.3 is 11.5 Å². The van der Waals surface area contributed by atoms with Crippen LogP contribution < -0.4 is 16.6 Å². The van der Waals surface area contributed by atoms with Gasteiger partial charge in [-0.05, 0) is 54.6 Å². The van der Waals surface area contributed by atoms with Crippen molar-refractivity contribution in [3.05, 3.63) is 91.3 Å². The lowest BCUT2D eigenvalue weighted by Crippen LogP contribution is -2.14. The van der Waals surface area contributed by atoms with Gasteiger partial charge in [0.15, 0.2) is 0 Å². The third kappa shape index (κ3) is 4.15. The minimum Gasteiger partial charge on any atom is -0.399 e. The molecule has 0 saturated heterocycles. The molecule has 34 heavy (non-hydrogen) atoms.